The molecule has 0 aliphatic heterocycles. The van der Waals surface area contributed by atoms with E-state index in [1.165, 1.54) is 22.3 Å². The molecule has 0 saturated heterocycles. The van der Waals surface area contributed by atoms with Gasteiger partial charge in [0.1, 0.15) is 0 Å². The molecule has 1 rings (SSSR count). The van der Waals surface area contributed by atoms with E-state index < -0.39 is 0 Å². The SMILES string of the molecule is C=C(CCc1cccc(C)c1C)C(C)(C)CN(C)C. The number of nitrogens with zero attached hydrogens (tertiary/aromatic N) is 1. The molecular formula is C18H29N. The van der Waals surface area contributed by atoms with E-state index in [-0.39, 0.29) is 5.41 Å². The van der Waals surface area contributed by atoms with Crippen molar-refractivity contribution in [2.24, 2.45) is 5.41 Å². The first-order valence-corrected chi connectivity index (χ1v) is 7.12. The van der Waals surface area contributed by atoms with Crippen molar-refractivity contribution in [3.63, 3.8) is 0 Å². The molecule has 1 aromatic carbocycles. The third-order valence-electron chi connectivity index (χ3n) is 4.08. The molecule has 0 aromatic heterocycles. The third-order valence-corrected chi connectivity index (χ3v) is 4.08. The van der Waals surface area contributed by atoms with Gasteiger partial charge in [0.15, 0.2) is 0 Å². The second-order valence-electron chi connectivity index (χ2n) is 6.58. The highest BCUT2D eigenvalue weighted by Gasteiger charge is 2.22. The molecule has 0 unspecified atom stereocenters. The Kier molecular flexibility index (Phi) is 5.37. The largest absolute Gasteiger partial charge is 0.309 e. The summed E-state index contributed by atoms with van der Waals surface area (Å²) in [6.07, 6.45) is 2.17. The minimum Gasteiger partial charge on any atom is -0.309 e. The standard InChI is InChI=1S/C18H29N/c1-14-9-8-10-17(16(14)3)12-11-15(2)18(4,5)13-19(6)7/h8-10H,2,11-13H2,1,3-7H3. The Balaban J connectivity index is 2.66. The van der Waals surface area contributed by atoms with Crippen LogP contribution in [0.15, 0.2) is 30.4 Å². The lowest BCUT2D eigenvalue weighted by Crippen LogP contribution is -2.30. The van der Waals surface area contributed by atoms with Gasteiger partial charge in [-0.3, -0.25) is 0 Å². The van der Waals surface area contributed by atoms with Gasteiger partial charge in [0.25, 0.3) is 0 Å². The molecule has 0 spiro atoms. The maximum absolute atomic E-state index is 4.32. The Morgan fingerprint density at radius 3 is 2.42 bits per heavy atom. The van der Waals surface area contributed by atoms with Crippen molar-refractivity contribution in [1.82, 2.24) is 4.90 Å². The van der Waals surface area contributed by atoms with E-state index in [2.05, 4.69) is 71.5 Å². The first-order chi connectivity index (χ1) is 8.74. The lowest BCUT2D eigenvalue weighted by Gasteiger charge is -2.31. The number of aryl methyl sites for hydroxylation is 2. The van der Waals surface area contributed by atoms with Gasteiger partial charge < -0.3 is 4.90 Å². The van der Waals surface area contributed by atoms with E-state index in [9.17, 15) is 0 Å². The third kappa shape index (κ3) is 4.50. The second kappa shape index (κ2) is 6.38. The van der Waals surface area contributed by atoms with E-state index in [4.69, 9.17) is 0 Å². The molecule has 0 heterocycles. The maximum atomic E-state index is 4.32. The van der Waals surface area contributed by atoms with E-state index in [0.717, 1.165) is 19.4 Å². The highest BCUT2D eigenvalue weighted by atomic mass is 15.1. The minimum absolute atomic E-state index is 0.182. The van der Waals surface area contributed by atoms with Crippen LogP contribution in [0, 0.1) is 19.3 Å². The molecule has 0 bridgehead atoms. The Morgan fingerprint density at radius 2 is 1.84 bits per heavy atom. The summed E-state index contributed by atoms with van der Waals surface area (Å²) in [5.41, 5.74) is 5.81. The van der Waals surface area contributed by atoms with Crippen LogP contribution >= 0.6 is 0 Å². The van der Waals surface area contributed by atoms with Gasteiger partial charge in [-0.25, -0.2) is 0 Å². The molecule has 0 aliphatic rings. The summed E-state index contributed by atoms with van der Waals surface area (Å²) in [6, 6.07) is 6.59. The normalized spacial score (nSPS) is 11.9. The first kappa shape index (κ1) is 16.0. The van der Waals surface area contributed by atoms with Gasteiger partial charge >= 0.3 is 0 Å². The monoisotopic (exact) mass is 259 g/mol. The van der Waals surface area contributed by atoms with Gasteiger partial charge in [0.2, 0.25) is 0 Å². The molecule has 0 amide bonds. The first-order valence-electron chi connectivity index (χ1n) is 7.12. The fourth-order valence-corrected chi connectivity index (χ4v) is 2.61. The van der Waals surface area contributed by atoms with Crippen LogP contribution in [0.5, 0.6) is 0 Å². The van der Waals surface area contributed by atoms with Gasteiger partial charge in [-0.15, -0.1) is 0 Å². The van der Waals surface area contributed by atoms with E-state index in [1.807, 2.05) is 0 Å². The van der Waals surface area contributed by atoms with E-state index in [1.54, 1.807) is 0 Å². The summed E-state index contributed by atoms with van der Waals surface area (Å²) in [6.45, 7) is 14.4. The Labute approximate surface area is 119 Å². The summed E-state index contributed by atoms with van der Waals surface area (Å²) >= 11 is 0. The molecule has 0 fully saturated rings. The summed E-state index contributed by atoms with van der Waals surface area (Å²) < 4.78 is 0. The highest BCUT2D eigenvalue weighted by Crippen LogP contribution is 2.29. The fraction of sp³-hybridized carbons (Fsp3) is 0.556. The molecule has 106 valence electrons. The van der Waals surface area contributed by atoms with Crippen molar-refractivity contribution < 1.29 is 0 Å². The van der Waals surface area contributed by atoms with Crippen molar-refractivity contribution >= 4 is 0 Å². The van der Waals surface area contributed by atoms with Crippen LogP contribution in [0.2, 0.25) is 0 Å². The molecule has 0 saturated carbocycles. The molecular weight excluding hydrogens is 230 g/mol. The predicted molar refractivity (Wildman–Crippen MR) is 85.7 cm³/mol. The topological polar surface area (TPSA) is 3.24 Å². The van der Waals surface area contributed by atoms with Crippen LogP contribution in [-0.4, -0.2) is 25.5 Å². The number of rotatable bonds is 6. The van der Waals surface area contributed by atoms with Crippen molar-refractivity contribution in [1.29, 1.82) is 0 Å². The summed E-state index contributed by atoms with van der Waals surface area (Å²) in [4.78, 5) is 2.24. The molecule has 0 aliphatic carbocycles. The van der Waals surface area contributed by atoms with E-state index in [0.29, 0.717) is 0 Å². The molecule has 0 radical (unpaired) electrons. The van der Waals surface area contributed by atoms with Gasteiger partial charge in [-0.05, 0) is 62.9 Å². The predicted octanol–water partition coefficient (Wildman–Crippen LogP) is 4.38. The van der Waals surface area contributed by atoms with Gasteiger partial charge in [0.05, 0.1) is 0 Å². The average Bonchev–Trinajstić information content (AvgIpc) is 2.29. The molecule has 1 heteroatoms. The lowest BCUT2D eigenvalue weighted by atomic mass is 9.81. The highest BCUT2D eigenvalue weighted by molar-refractivity contribution is 5.33. The van der Waals surface area contributed by atoms with Crippen LogP contribution < -0.4 is 0 Å². The van der Waals surface area contributed by atoms with Crippen molar-refractivity contribution in [2.75, 3.05) is 20.6 Å². The lowest BCUT2D eigenvalue weighted by molar-refractivity contribution is 0.275. The second-order valence-corrected chi connectivity index (χ2v) is 6.58. The summed E-state index contributed by atoms with van der Waals surface area (Å²) in [5, 5.41) is 0. The zero-order valence-corrected chi connectivity index (χ0v) is 13.5. The van der Waals surface area contributed by atoms with E-state index >= 15 is 0 Å². The van der Waals surface area contributed by atoms with Gasteiger partial charge in [0, 0.05) is 6.54 Å². The van der Waals surface area contributed by atoms with Crippen LogP contribution in [0.4, 0.5) is 0 Å². The number of hydrogen-bond donors (Lipinski definition) is 0. The summed E-state index contributed by atoms with van der Waals surface area (Å²) in [5.74, 6) is 0. The number of benzene rings is 1. The molecule has 0 N–H and O–H groups in total. The van der Waals surface area contributed by atoms with Crippen LogP contribution in [0.3, 0.4) is 0 Å². The van der Waals surface area contributed by atoms with Crippen LogP contribution in [-0.2, 0) is 6.42 Å². The van der Waals surface area contributed by atoms with Crippen LogP contribution in [0.1, 0.15) is 37.0 Å². The zero-order chi connectivity index (χ0) is 14.6. The van der Waals surface area contributed by atoms with Crippen LogP contribution in [0.25, 0.3) is 0 Å². The number of hydrogen-bond acceptors (Lipinski definition) is 1. The quantitative estimate of drug-likeness (QED) is 0.685. The average molecular weight is 259 g/mol. The zero-order valence-electron chi connectivity index (χ0n) is 13.5. The van der Waals surface area contributed by atoms with Gasteiger partial charge in [-0.1, -0.05) is 44.2 Å². The smallest absolute Gasteiger partial charge is 0.00638 e. The van der Waals surface area contributed by atoms with Crippen molar-refractivity contribution in [2.45, 2.75) is 40.5 Å². The Morgan fingerprint density at radius 1 is 1.21 bits per heavy atom. The van der Waals surface area contributed by atoms with Crippen molar-refractivity contribution in [3.8, 4) is 0 Å². The Bertz CT molecular complexity index is 441. The molecule has 19 heavy (non-hydrogen) atoms. The van der Waals surface area contributed by atoms with Gasteiger partial charge in [-0.2, -0.15) is 0 Å². The summed E-state index contributed by atoms with van der Waals surface area (Å²) in [7, 11) is 4.25. The Hall–Kier alpha value is -1.08. The maximum Gasteiger partial charge on any atom is 0.00638 e. The van der Waals surface area contributed by atoms with Crippen molar-refractivity contribution in [3.05, 3.63) is 47.0 Å². The molecule has 0 atom stereocenters. The molecule has 1 aromatic rings. The molecule has 1 nitrogen and oxygen atoms in total. The fourth-order valence-electron chi connectivity index (χ4n) is 2.61. The minimum atomic E-state index is 0.182.